The Morgan fingerprint density at radius 3 is 2.00 bits per heavy atom. The lowest BCUT2D eigenvalue weighted by Crippen LogP contribution is -2.16. The predicted molar refractivity (Wildman–Crippen MR) is 37.9 cm³/mol. The highest BCUT2D eigenvalue weighted by Gasteiger charge is 2.30. The monoisotopic (exact) mass is 195 g/mol. The summed E-state index contributed by atoms with van der Waals surface area (Å²) in [5.41, 5.74) is 1.34. The van der Waals surface area contributed by atoms with Gasteiger partial charge in [-0.15, -0.1) is 17.7 Å². The van der Waals surface area contributed by atoms with E-state index in [0.717, 1.165) is 24.3 Å². The van der Waals surface area contributed by atoms with Crippen molar-refractivity contribution in [3.05, 3.63) is 24.3 Å². The van der Waals surface area contributed by atoms with Gasteiger partial charge >= 0.3 is 6.36 Å². The predicted octanol–water partition coefficient (Wildman–Crippen LogP) is 2.88. The van der Waals surface area contributed by atoms with Crippen molar-refractivity contribution in [2.24, 2.45) is 0 Å². The molecule has 2 nitrogen and oxygen atoms in total. The van der Waals surface area contributed by atoms with E-state index in [9.17, 15) is 17.7 Å². The first-order valence-electron chi connectivity index (χ1n) is 3.24. The van der Waals surface area contributed by atoms with E-state index >= 15 is 0 Å². The summed E-state index contributed by atoms with van der Waals surface area (Å²) in [5.74, 6) is -0.383. The van der Waals surface area contributed by atoms with E-state index in [2.05, 4.69) is 4.74 Å². The van der Waals surface area contributed by atoms with Gasteiger partial charge < -0.3 is 4.74 Å². The van der Waals surface area contributed by atoms with Crippen LogP contribution in [0.5, 0.6) is 5.75 Å². The second-order valence-corrected chi connectivity index (χ2v) is 2.17. The third kappa shape index (κ3) is 3.18. The van der Waals surface area contributed by atoms with Crippen molar-refractivity contribution in [3.63, 3.8) is 0 Å². The Morgan fingerprint density at radius 2 is 1.62 bits per heavy atom. The molecule has 1 aromatic carbocycles. The Balaban J connectivity index is 2.70. The number of ether oxygens (including phenoxy) is 1. The number of hydrogen-bond donors (Lipinski definition) is 1. The van der Waals surface area contributed by atoms with Gasteiger partial charge in [0.05, 0.1) is 5.69 Å². The molecule has 1 N–H and O–H groups in total. The summed E-state index contributed by atoms with van der Waals surface area (Å²) >= 11 is 0. The molecule has 72 valence electrons. The Bertz CT molecular complexity index is 269. The van der Waals surface area contributed by atoms with E-state index in [4.69, 9.17) is 0 Å². The summed E-state index contributed by atoms with van der Waals surface area (Å²) in [6, 6.07) is 4.27. The van der Waals surface area contributed by atoms with Gasteiger partial charge in [-0.05, 0) is 24.3 Å². The SMILES string of the molecule is FNc1ccc(OC(F)(F)F)cc1. The Labute approximate surface area is 71.1 Å². The first kappa shape index (κ1) is 9.63. The number of hydrogen-bond acceptors (Lipinski definition) is 2. The standard InChI is InChI=1S/C7H5F4NO/c8-7(9,10)13-6-3-1-5(12-11)2-4-6/h1-4,12H. The molecule has 13 heavy (non-hydrogen) atoms. The second-order valence-electron chi connectivity index (χ2n) is 2.17. The van der Waals surface area contributed by atoms with E-state index in [0.29, 0.717) is 0 Å². The van der Waals surface area contributed by atoms with Crippen LogP contribution in [0.4, 0.5) is 23.3 Å². The minimum atomic E-state index is -4.72. The van der Waals surface area contributed by atoms with Gasteiger partial charge in [0, 0.05) is 0 Å². The fourth-order valence-electron chi connectivity index (χ4n) is 0.720. The van der Waals surface area contributed by atoms with Gasteiger partial charge in [-0.2, -0.15) is 0 Å². The van der Waals surface area contributed by atoms with Crippen LogP contribution in [-0.2, 0) is 0 Å². The number of halogens is 4. The molecule has 0 radical (unpaired) electrons. The molecular weight excluding hydrogens is 190 g/mol. The summed E-state index contributed by atoms with van der Waals surface area (Å²) in [4.78, 5) is 0. The zero-order valence-electron chi connectivity index (χ0n) is 6.23. The molecule has 0 aromatic heterocycles. The minimum Gasteiger partial charge on any atom is -0.406 e. The van der Waals surface area contributed by atoms with Gasteiger partial charge in [-0.3, -0.25) is 0 Å². The first-order valence-corrected chi connectivity index (χ1v) is 3.24. The van der Waals surface area contributed by atoms with Crippen LogP contribution in [0, 0.1) is 0 Å². The molecule has 1 rings (SSSR count). The van der Waals surface area contributed by atoms with Crippen molar-refractivity contribution < 1.29 is 22.4 Å². The molecule has 0 atom stereocenters. The van der Waals surface area contributed by atoms with Crippen molar-refractivity contribution in [2.45, 2.75) is 6.36 Å². The third-order valence-corrected chi connectivity index (χ3v) is 1.20. The van der Waals surface area contributed by atoms with Crippen LogP contribution in [0.2, 0.25) is 0 Å². The van der Waals surface area contributed by atoms with E-state index < -0.39 is 6.36 Å². The Kier molecular flexibility index (Phi) is 2.60. The largest absolute Gasteiger partial charge is 0.573 e. The van der Waals surface area contributed by atoms with Crippen molar-refractivity contribution in [3.8, 4) is 5.75 Å². The molecule has 6 heteroatoms. The van der Waals surface area contributed by atoms with Gasteiger partial charge in [0.25, 0.3) is 0 Å². The van der Waals surface area contributed by atoms with Gasteiger partial charge in [-0.1, -0.05) is 0 Å². The molecule has 0 bridgehead atoms. The van der Waals surface area contributed by atoms with Crippen LogP contribution < -0.4 is 10.3 Å². The quantitative estimate of drug-likeness (QED) is 0.578. The fraction of sp³-hybridized carbons (Fsp3) is 0.143. The van der Waals surface area contributed by atoms with Crippen molar-refractivity contribution >= 4 is 5.69 Å². The number of nitrogens with one attached hydrogen (secondary N) is 1. The van der Waals surface area contributed by atoms with Crippen LogP contribution in [-0.4, -0.2) is 6.36 Å². The van der Waals surface area contributed by atoms with Crippen LogP contribution in [0.15, 0.2) is 24.3 Å². The summed E-state index contributed by atoms with van der Waals surface area (Å²) in [6.07, 6.45) is -4.72. The number of alkyl halides is 3. The van der Waals surface area contributed by atoms with Crippen molar-refractivity contribution in [1.82, 2.24) is 0 Å². The maximum Gasteiger partial charge on any atom is 0.573 e. The molecule has 0 fully saturated rings. The fourth-order valence-corrected chi connectivity index (χ4v) is 0.720. The van der Waals surface area contributed by atoms with Gasteiger partial charge in [0.2, 0.25) is 0 Å². The molecule has 0 aliphatic rings. The normalized spacial score (nSPS) is 11.1. The molecular formula is C7H5F4NO. The van der Waals surface area contributed by atoms with Crippen LogP contribution in [0.1, 0.15) is 0 Å². The number of benzene rings is 1. The van der Waals surface area contributed by atoms with Crippen molar-refractivity contribution in [2.75, 3.05) is 5.54 Å². The van der Waals surface area contributed by atoms with Gasteiger partial charge in [-0.25, -0.2) is 5.54 Å². The average molecular weight is 195 g/mol. The molecule has 0 aliphatic heterocycles. The van der Waals surface area contributed by atoms with Gasteiger partial charge in [0.1, 0.15) is 5.75 Å². The smallest absolute Gasteiger partial charge is 0.406 e. The lowest BCUT2D eigenvalue weighted by Gasteiger charge is -2.08. The van der Waals surface area contributed by atoms with E-state index in [-0.39, 0.29) is 11.4 Å². The van der Waals surface area contributed by atoms with Crippen molar-refractivity contribution in [1.29, 1.82) is 0 Å². The summed E-state index contributed by atoms with van der Waals surface area (Å²) in [6.45, 7) is 0. The second kappa shape index (κ2) is 3.51. The Hall–Kier alpha value is -1.46. The Morgan fingerprint density at radius 1 is 1.08 bits per heavy atom. The zero-order chi connectivity index (χ0) is 9.90. The topological polar surface area (TPSA) is 21.3 Å². The molecule has 1 aromatic rings. The van der Waals surface area contributed by atoms with Crippen LogP contribution in [0.3, 0.4) is 0 Å². The summed E-state index contributed by atoms with van der Waals surface area (Å²) in [5, 5.41) is 0. The zero-order valence-corrected chi connectivity index (χ0v) is 6.23. The van der Waals surface area contributed by atoms with E-state index in [1.165, 1.54) is 5.54 Å². The number of anilines is 1. The molecule has 0 saturated heterocycles. The molecule has 0 aliphatic carbocycles. The van der Waals surface area contributed by atoms with Crippen LogP contribution in [0.25, 0.3) is 0 Å². The van der Waals surface area contributed by atoms with Crippen LogP contribution >= 0.6 is 0 Å². The maximum atomic E-state index is 11.7. The van der Waals surface area contributed by atoms with Gasteiger partial charge in [0.15, 0.2) is 0 Å². The minimum absolute atomic E-state index is 0.0644. The molecule has 0 unspecified atom stereocenters. The molecule has 0 saturated carbocycles. The lowest BCUT2D eigenvalue weighted by atomic mass is 10.3. The molecule has 0 amide bonds. The summed E-state index contributed by atoms with van der Waals surface area (Å²) in [7, 11) is 0. The molecule has 0 heterocycles. The van der Waals surface area contributed by atoms with E-state index in [1.807, 2.05) is 0 Å². The van der Waals surface area contributed by atoms with E-state index in [1.54, 1.807) is 0 Å². The highest BCUT2D eigenvalue weighted by Crippen LogP contribution is 2.23. The molecule has 0 spiro atoms. The number of rotatable bonds is 2. The summed E-state index contributed by atoms with van der Waals surface area (Å²) < 4.78 is 50.1. The highest BCUT2D eigenvalue weighted by atomic mass is 19.4. The first-order chi connectivity index (χ1) is 6.01. The maximum absolute atomic E-state index is 11.7. The highest BCUT2D eigenvalue weighted by molar-refractivity contribution is 5.44. The lowest BCUT2D eigenvalue weighted by molar-refractivity contribution is -0.274. The average Bonchev–Trinajstić information content (AvgIpc) is 2.03. The third-order valence-electron chi connectivity index (χ3n) is 1.20.